The van der Waals surface area contributed by atoms with Crippen LogP contribution in [0, 0.1) is 6.92 Å². The minimum atomic E-state index is 0.218. The standard InChI is InChI=1S/C22H21ClN6O/c1-13-3-4-16(22(23)26-13)17-11-19(29-9-10-30-12-14(29)2)27-20-15(17)5-7-24-21(20)18-6-8-25-28-18/h3-8,11,14H,9-10,12H2,1-2H3,(H,25,28)/t14-/m1/s1. The van der Waals surface area contributed by atoms with Crippen molar-refractivity contribution < 1.29 is 4.74 Å². The predicted octanol–water partition coefficient (Wildman–Crippen LogP) is 4.27. The first-order valence-electron chi connectivity index (χ1n) is 9.89. The highest BCUT2D eigenvalue weighted by Crippen LogP contribution is 2.37. The molecule has 0 amide bonds. The number of hydrogen-bond acceptors (Lipinski definition) is 6. The van der Waals surface area contributed by atoms with Crippen LogP contribution in [0.25, 0.3) is 33.4 Å². The Morgan fingerprint density at radius 2 is 2.03 bits per heavy atom. The molecule has 1 fully saturated rings. The van der Waals surface area contributed by atoms with Crippen LogP contribution >= 0.6 is 11.6 Å². The Hall–Kier alpha value is -3.03. The van der Waals surface area contributed by atoms with Crippen LogP contribution in [-0.4, -0.2) is 50.9 Å². The van der Waals surface area contributed by atoms with Crippen molar-refractivity contribution in [3.63, 3.8) is 0 Å². The molecule has 1 N–H and O–H groups in total. The molecule has 152 valence electrons. The third kappa shape index (κ3) is 3.30. The van der Waals surface area contributed by atoms with Crippen molar-refractivity contribution >= 4 is 28.3 Å². The van der Waals surface area contributed by atoms with E-state index in [1.165, 1.54) is 0 Å². The second-order valence-corrected chi connectivity index (χ2v) is 7.82. The molecule has 7 nitrogen and oxygen atoms in total. The number of nitrogens with zero attached hydrogens (tertiary/aromatic N) is 5. The van der Waals surface area contributed by atoms with Gasteiger partial charge in [0.25, 0.3) is 0 Å². The van der Waals surface area contributed by atoms with E-state index in [4.69, 9.17) is 21.3 Å². The quantitative estimate of drug-likeness (QED) is 0.498. The first-order chi connectivity index (χ1) is 14.6. The summed E-state index contributed by atoms with van der Waals surface area (Å²) in [6, 6.07) is 10.2. The van der Waals surface area contributed by atoms with Crippen LogP contribution in [0.2, 0.25) is 5.15 Å². The molecule has 4 aromatic heterocycles. The molecule has 0 aromatic carbocycles. The number of aromatic amines is 1. The topological polar surface area (TPSA) is 79.8 Å². The summed E-state index contributed by atoms with van der Waals surface area (Å²) in [5.41, 5.74) is 5.10. The summed E-state index contributed by atoms with van der Waals surface area (Å²) >= 11 is 6.57. The van der Waals surface area contributed by atoms with Crippen LogP contribution in [-0.2, 0) is 4.74 Å². The van der Waals surface area contributed by atoms with Crippen molar-refractivity contribution in [1.29, 1.82) is 0 Å². The normalized spacial score (nSPS) is 16.9. The molecule has 1 aliphatic heterocycles. The summed E-state index contributed by atoms with van der Waals surface area (Å²) in [7, 11) is 0. The first-order valence-corrected chi connectivity index (χ1v) is 10.3. The van der Waals surface area contributed by atoms with Crippen molar-refractivity contribution in [2.24, 2.45) is 0 Å². The van der Waals surface area contributed by atoms with Gasteiger partial charge in [0, 0.05) is 35.6 Å². The number of nitrogens with one attached hydrogen (secondary N) is 1. The van der Waals surface area contributed by atoms with E-state index in [0.717, 1.165) is 51.5 Å². The Labute approximate surface area is 179 Å². The van der Waals surface area contributed by atoms with Crippen molar-refractivity contribution in [2.75, 3.05) is 24.7 Å². The Morgan fingerprint density at radius 3 is 2.80 bits per heavy atom. The second kappa shape index (κ2) is 7.66. The fraction of sp³-hybridized carbons (Fsp3) is 0.273. The summed E-state index contributed by atoms with van der Waals surface area (Å²) in [6.07, 6.45) is 3.50. The van der Waals surface area contributed by atoms with E-state index >= 15 is 0 Å². The van der Waals surface area contributed by atoms with Gasteiger partial charge in [0.2, 0.25) is 0 Å². The van der Waals surface area contributed by atoms with Crippen molar-refractivity contribution in [3.8, 4) is 22.5 Å². The number of aryl methyl sites for hydroxylation is 1. The van der Waals surface area contributed by atoms with Crippen molar-refractivity contribution in [1.82, 2.24) is 25.1 Å². The average Bonchev–Trinajstić information content (AvgIpc) is 3.28. The largest absolute Gasteiger partial charge is 0.377 e. The molecule has 5 heterocycles. The highest BCUT2D eigenvalue weighted by molar-refractivity contribution is 6.32. The molecule has 4 aromatic rings. The number of anilines is 1. The van der Waals surface area contributed by atoms with Gasteiger partial charge in [0.15, 0.2) is 0 Å². The number of pyridine rings is 3. The predicted molar refractivity (Wildman–Crippen MR) is 118 cm³/mol. The number of H-pyrrole nitrogens is 1. The smallest absolute Gasteiger partial charge is 0.137 e. The van der Waals surface area contributed by atoms with Crippen LogP contribution in [0.4, 0.5) is 5.82 Å². The lowest BCUT2D eigenvalue weighted by atomic mass is 10.0. The van der Waals surface area contributed by atoms with E-state index in [9.17, 15) is 0 Å². The van der Waals surface area contributed by atoms with Gasteiger partial charge < -0.3 is 9.64 Å². The summed E-state index contributed by atoms with van der Waals surface area (Å²) in [5, 5.41) is 8.53. The lowest BCUT2D eigenvalue weighted by Crippen LogP contribution is -2.44. The highest BCUT2D eigenvalue weighted by Gasteiger charge is 2.23. The molecule has 0 aliphatic carbocycles. The molecule has 30 heavy (non-hydrogen) atoms. The zero-order valence-corrected chi connectivity index (χ0v) is 17.5. The molecule has 1 aliphatic rings. The van der Waals surface area contributed by atoms with Crippen LogP contribution in [0.15, 0.2) is 42.7 Å². The number of morpholine rings is 1. The van der Waals surface area contributed by atoms with Gasteiger partial charge in [-0.05, 0) is 49.7 Å². The highest BCUT2D eigenvalue weighted by atomic mass is 35.5. The summed E-state index contributed by atoms with van der Waals surface area (Å²) < 4.78 is 5.62. The van der Waals surface area contributed by atoms with E-state index < -0.39 is 0 Å². The lowest BCUT2D eigenvalue weighted by Gasteiger charge is -2.34. The molecule has 0 radical (unpaired) electrons. The minimum absolute atomic E-state index is 0.218. The third-order valence-electron chi connectivity index (χ3n) is 5.41. The fourth-order valence-corrected chi connectivity index (χ4v) is 4.18. The minimum Gasteiger partial charge on any atom is -0.377 e. The fourth-order valence-electron chi connectivity index (χ4n) is 3.89. The third-order valence-corrected chi connectivity index (χ3v) is 5.70. The van der Waals surface area contributed by atoms with Crippen LogP contribution < -0.4 is 4.90 Å². The maximum Gasteiger partial charge on any atom is 0.137 e. The summed E-state index contributed by atoms with van der Waals surface area (Å²) in [4.78, 5) is 16.4. The zero-order valence-electron chi connectivity index (χ0n) is 16.8. The van der Waals surface area contributed by atoms with Gasteiger partial charge in [-0.1, -0.05) is 11.6 Å². The van der Waals surface area contributed by atoms with Gasteiger partial charge in [-0.25, -0.2) is 9.97 Å². The molecule has 1 atom stereocenters. The Balaban J connectivity index is 1.80. The Kier molecular flexibility index (Phi) is 4.84. The van der Waals surface area contributed by atoms with E-state index in [-0.39, 0.29) is 6.04 Å². The number of hydrogen-bond donors (Lipinski definition) is 1. The average molecular weight is 421 g/mol. The molecular formula is C22H21ClN6O. The van der Waals surface area contributed by atoms with Crippen molar-refractivity contribution in [3.05, 3.63) is 53.6 Å². The SMILES string of the molecule is Cc1ccc(-c2cc(N3CCOC[C@H]3C)nc3c(-c4ccn[nH]4)nccc23)c(Cl)n1. The maximum absolute atomic E-state index is 6.57. The Bertz CT molecular complexity index is 1210. The van der Waals surface area contributed by atoms with Gasteiger partial charge in [-0.3, -0.25) is 10.1 Å². The molecule has 0 spiro atoms. The molecule has 5 rings (SSSR count). The molecule has 1 saturated heterocycles. The van der Waals surface area contributed by atoms with Crippen molar-refractivity contribution in [2.45, 2.75) is 19.9 Å². The van der Waals surface area contributed by atoms with Gasteiger partial charge in [0.05, 0.1) is 24.9 Å². The zero-order chi connectivity index (χ0) is 20.7. The molecule has 0 saturated carbocycles. The van der Waals surface area contributed by atoms with E-state index in [1.807, 2.05) is 31.2 Å². The van der Waals surface area contributed by atoms with Gasteiger partial charge in [0.1, 0.15) is 22.2 Å². The second-order valence-electron chi connectivity index (χ2n) is 7.46. The number of halogens is 1. The lowest BCUT2D eigenvalue weighted by molar-refractivity contribution is 0.0986. The number of ether oxygens (including phenoxy) is 1. The van der Waals surface area contributed by atoms with Crippen LogP contribution in [0.1, 0.15) is 12.6 Å². The summed E-state index contributed by atoms with van der Waals surface area (Å²) in [6.45, 7) is 6.19. The van der Waals surface area contributed by atoms with E-state index in [2.05, 4.69) is 38.1 Å². The Morgan fingerprint density at radius 1 is 1.13 bits per heavy atom. The van der Waals surface area contributed by atoms with E-state index in [0.29, 0.717) is 18.4 Å². The number of aromatic nitrogens is 5. The molecular weight excluding hydrogens is 400 g/mol. The number of rotatable bonds is 3. The molecule has 0 bridgehead atoms. The van der Waals surface area contributed by atoms with Gasteiger partial charge in [-0.2, -0.15) is 5.10 Å². The maximum atomic E-state index is 6.57. The molecule has 8 heteroatoms. The van der Waals surface area contributed by atoms with Gasteiger partial charge >= 0.3 is 0 Å². The van der Waals surface area contributed by atoms with Gasteiger partial charge in [-0.15, -0.1) is 0 Å². The summed E-state index contributed by atoms with van der Waals surface area (Å²) in [5.74, 6) is 0.874. The molecule has 0 unspecified atom stereocenters. The van der Waals surface area contributed by atoms with Crippen LogP contribution in [0.5, 0.6) is 0 Å². The number of fused-ring (bicyclic) bond motifs is 1. The van der Waals surface area contributed by atoms with Crippen LogP contribution in [0.3, 0.4) is 0 Å². The monoisotopic (exact) mass is 420 g/mol. The van der Waals surface area contributed by atoms with E-state index in [1.54, 1.807) is 12.4 Å². The first kappa shape index (κ1) is 19.0.